The fourth-order valence-electron chi connectivity index (χ4n) is 3.85. The molecule has 1 aliphatic carbocycles. The first-order chi connectivity index (χ1) is 9.86. The topological polar surface area (TPSA) is 28.4 Å². The van der Waals surface area contributed by atoms with Crippen LogP contribution in [0.5, 0.6) is 0 Å². The molecule has 1 aromatic heterocycles. The predicted octanol–water partition coefficient (Wildman–Crippen LogP) is 3.58. The molecule has 0 spiro atoms. The monoisotopic (exact) mass is 276 g/mol. The molecule has 1 saturated carbocycles. The summed E-state index contributed by atoms with van der Waals surface area (Å²) in [4.78, 5) is 2.58. The van der Waals surface area contributed by atoms with E-state index in [-0.39, 0.29) is 0 Å². The second kappa shape index (κ2) is 6.77. The minimum absolute atomic E-state index is 0.424. The molecule has 1 aliphatic heterocycles. The zero-order valence-electron chi connectivity index (χ0n) is 12.7. The normalized spacial score (nSPS) is 29.1. The van der Waals surface area contributed by atoms with Gasteiger partial charge in [0.2, 0.25) is 0 Å². The highest BCUT2D eigenvalue weighted by Gasteiger charge is 2.28. The minimum Gasteiger partial charge on any atom is -0.468 e. The van der Waals surface area contributed by atoms with E-state index in [2.05, 4.69) is 23.2 Å². The molecule has 3 nitrogen and oxygen atoms in total. The lowest BCUT2D eigenvalue weighted by atomic mass is 10.1. The maximum Gasteiger partial charge on any atom is 0.122 e. The summed E-state index contributed by atoms with van der Waals surface area (Å²) in [6, 6.07) is 5.29. The van der Waals surface area contributed by atoms with Crippen molar-refractivity contribution in [2.24, 2.45) is 5.92 Å². The van der Waals surface area contributed by atoms with Crippen molar-refractivity contribution in [1.82, 2.24) is 10.2 Å². The number of hydrogen-bond acceptors (Lipinski definition) is 3. The van der Waals surface area contributed by atoms with Gasteiger partial charge < -0.3 is 9.73 Å². The Balaban J connectivity index is 1.56. The molecule has 112 valence electrons. The van der Waals surface area contributed by atoms with Gasteiger partial charge in [-0.15, -0.1) is 0 Å². The third kappa shape index (κ3) is 3.26. The highest BCUT2D eigenvalue weighted by Crippen LogP contribution is 2.29. The quantitative estimate of drug-likeness (QED) is 0.861. The van der Waals surface area contributed by atoms with Gasteiger partial charge in [0.1, 0.15) is 5.76 Å². The van der Waals surface area contributed by atoms with Gasteiger partial charge in [-0.1, -0.05) is 13.3 Å². The molecule has 2 fully saturated rings. The lowest BCUT2D eigenvalue weighted by Crippen LogP contribution is -2.37. The Bertz CT molecular complexity index is 384. The Kier molecular flexibility index (Phi) is 4.79. The average Bonchev–Trinajstić information content (AvgIpc) is 3.22. The summed E-state index contributed by atoms with van der Waals surface area (Å²) in [7, 11) is 0. The van der Waals surface area contributed by atoms with Gasteiger partial charge in [-0.05, 0) is 63.2 Å². The average molecular weight is 276 g/mol. The van der Waals surface area contributed by atoms with Crippen molar-refractivity contribution in [2.75, 3.05) is 19.6 Å². The molecule has 0 amide bonds. The first kappa shape index (κ1) is 14.2. The van der Waals surface area contributed by atoms with Gasteiger partial charge in [0.15, 0.2) is 0 Å². The fraction of sp³-hybridized carbons (Fsp3) is 0.765. The number of furan rings is 1. The van der Waals surface area contributed by atoms with E-state index in [9.17, 15) is 0 Å². The van der Waals surface area contributed by atoms with E-state index in [0.717, 1.165) is 24.3 Å². The van der Waals surface area contributed by atoms with Crippen molar-refractivity contribution >= 4 is 0 Å². The van der Waals surface area contributed by atoms with Crippen LogP contribution in [0, 0.1) is 5.92 Å². The summed E-state index contributed by atoms with van der Waals surface area (Å²) in [5, 5.41) is 3.81. The van der Waals surface area contributed by atoms with Gasteiger partial charge in [-0.2, -0.15) is 0 Å². The maximum atomic E-state index is 5.68. The Labute approximate surface area is 122 Å². The Hall–Kier alpha value is -0.800. The Morgan fingerprint density at radius 3 is 2.85 bits per heavy atom. The van der Waals surface area contributed by atoms with Gasteiger partial charge in [-0.25, -0.2) is 0 Å². The third-order valence-electron chi connectivity index (χ3n) is 5.17. The van der Waals surface area contributed by atoms with Gasteiger partial charge in [0, 0.05) is 12.6 Å². The van der Waals surface area contributed by atoms with Crippen molar-refractivity contribution in [3.63, 3.8) is 0 Å². The highest BCUT2D eigenvalue weighted by molar-refractivity contribution is 5.06. The summed E-state index contributed by atoms with van der Waals surface area (Å²) in [5.41, 5.74) is 0. The molecule has 3 unspecified atom stereocenters. The molecule has 3 heteroatoms. The molecule has 0 bridgehead atoms. The summed E-state index contributed by atoms with van der Waals surface area (Å²) in [6.45, 7) is 5.79. The number of nitrogens with one attached hydrogen (secondary N) is 1. The summed E-state index contributed by atoms with van der Waals surface area (Å²) in [6.07, 6.45) is 9.93. The molecule has 2 aliphatic rings. The summed E-state index contributed by atoms with van der Waals surface area (Å²) in [5.74, 6) is 2.07. The van der Waals surface area contributed by atoms with Gasteiger partial charge >= 0.3 is 0 Å². The molecule has 3 rings (SSSR count). The minimum atomic E-state index is 0.424. The van der Waals surface area contributed by atoms with Crippen LogP contribution in [0.2, 0.25) is 0 Å². The molecule has 1 N–H and O–H groups in total. The fourth-order valence-corrected chi connectivity index (χ4v) is 3.85. The molecule has 2 heterocycles. The number of nitrogens with zero attached hydrogens (tertiary/aromatic N) is 1. The van der Waals surface area contributed by atoms with E-state index in [1.807, 2.05) is 6.07 Å². The Morgan fingerprint density at radius 1 is 1.35 bits per heavy atom. The highest BCUT2D eigenvalue weighted by atomic mass is 16.3. The molecule has 0 radical (unpaired) electrons. The zero-order valence-corrected chi connectivity index (χ0v) is 12.7. The van der Waals surface area contributed by atoms with E-state index in [0.29, 0.717) is 6.04 Å². The first-order valence-electron chi connectivity index (χ1n) is 8.37. The molecule has 1 aromatic rings. The van der Waals surface area contributed by atoms with E-state index >= 15 is 0 Å². The zero-order chi connectivity index (χ0) is 13.8. The van der Waals surface area contributed by atoms with Crippen molar-refractivity contribution in [3.05, 3.63) is 24.2 Å². The van der Waals surface area contributed by atoms with Crippen LogP contribution < -0.4 is 5.32 Å². The van der Waals surface area contributed by atoms with Crippen LogP contribution in [0.1, 0.15) is 57.3 Å². The van der Waals surface area contributed by atoms with Gasteiger partial charge in [-0.3, -0.25) is 4.90 Å². The van der Waals surface area contributed by atoms with Crippen LogP contribution in [0.4, 0.5) is 0 Å². The van der Waals surface area contributed by atoms with E-state index < -0.39 is 0 Å². The summed E-state index contributed by atoms with van der Waals surface area (Å²) >= 11 is 0. The maximum absolute atomic E-state index is 5.68. The summed E-state index contributed by atoms with van der Waals surface area (Å²) < 4.78 is 5.68. The molecule has 3 atom stereocenters. The lowest BCUT2D eigenvalue weighted by molar-refractivity contribution is 0.204. The van der Waals surface area contributed by atoms with Gasteiger partial charge in [0.25, 0.3) is 0 Å². The van der Waals surface area contributed by atoms with Crippen molar-refractivity contribution in [1.29, 1.82) is 0 Å². The lowest BCUT2D eigenvalue weighted by Gasteiger charge is -2.27. The third-order valence-corrected chi connectivity index (χ3v) is 5.17. The number of likely N-dealkylation sites (tertiary alicyclic amines) is 1. The van der Waals surface area contributed by atoms with E-state index in [1.54, 1.807) is 6.26 Å². The van der Waals surface area contributed by atoms with Crippen molar-refractivity contribution < 1.29 is 4.42 Å². The molecular formula is C17H28N2O. The van der Waals surface area contributed by atoms with E-state index in [4.69, 9.17) is 4.42 Å². The first-order valence-corrected chi connectivity index (χ1v) is 8.37. The van der Waals surface area contributed by atoms with Crippen molar-refractivity contribution in [3.8, 4) is 0 Å². The van der Waals surface area contributed by atoms with Crippen LogP contribution >= 0.6 is 0 Å². The van der Waals surface area contributed by atoms with Gasteiger partial charge in [0.05, 0.1) is 12.3 Å². The molecular weight excluding hydrogens is 248 g/mol. The van der Waals surface area contributed by atoms with E-state index in [1.165, 1.54) is 51.6 Å². The second-order valence-corrected chi connectivity index (χ2v) is 6.47. The predicted molar refractivity (Wildman–Crippen MR) is 81.7 cm³/mol. The van der Waals surface area contributed by atoms with Crippen LogP contribution in [-0.2, 0) is 0 Å². The smallest absolute Gasteiger partial charge is 0.122 e. The second-order valence-electron chi connectivity index (χ2n) is 6.47. The number of hydrogen-bond donors (Lipinski definition) is 1. The Morgan fingerprint density at radius 2 is 2.20 bits per heavy atom. The largest absolute Gasteiger partial charge is 0.468 e. The van der Waals surface area contributed by atoms with Crippen LogP contribution in [-0.4, -0.2) is 30.6 Å². The SMILES string of the molecule is CCC1CCC(NCC(c2ccco2)N2CCCC2)C1. The molecule has 1 saturated heterocycles. The van der Waals surface area contributed by atoms with Crippen LogP contribution in [0.15, 0.2) is 22.8 Å². The van der Waals surface area contributed by atoms with Crippen LogP contribution in [0.3, 0.4) is 0 Å². The van der Waals surface area contributed by atoms with Crippen molar-refractivity contribution in [2.45, 2.75) is 57.5 Å². The molecule has 20 heavy (non-hydrogen) atoms. The van der Waals surface area contributed by atoms with Crippen LogP contribution in [0.25, 0.3) is 0 Å². The molecule has 0 aromatic carbocycles. The number of rotatable bonds is 6. The standard InChI is InChI=1S/C17H28N2O/c1-2-14-7-8-15(12-14)18-13-16(17-6-5-11-20-17)19-9-3-4-10-19/h5-6,11,14-16,18H,2-4,7-10,12-13H2,1H3.